The van der Waals surface area contributed by atoms with E-state index in [-0.39, 0.29) is 24.3 Å². The van der Waals surface area contributed by atoms with Crippen LogP contribution in [-0.4, -0.2) is 58.3 Å². The molecule has 2 aliphatic rings. The number of aryl methyl sites for hydroxylation is 2. The van der Waals surface area contributed by atoms with E-state index in [1.807, 2.05) is 52.0 Å². The Labute approximate surface area is 233 Å². The predicted octanol–water partition coefficient (Wildman–Crippen LogP) is 5.02. The van der Waals surface area contributed by atoms with Crippen LogP contribution in [0.15, 0.2) is 53.9 Å². The third-order valence-corrected chi connectivity index (χ3v) is 6.78. The molecular formula is C31H35N3O6. The fourth-order valence-corrected chi connectivity index (χ4v) is 4.98. The van der Waals surface area contributed by atoms with Crippen molar-refractivity contribution in [2.75, 3.05) is 26.4 Å². The molecular weight excluding hydrogens is 510 g/mol. The number of benzene rings is 1. The maximum absolute atomic E-state index is 13.4. The van der Waals surface area contributed by atoms with Crippen LogP contribution in [0.4, 0.5) is 4.79 Å². The van der Waals surface area contributed by atoms with E-state index >= 15 is 0 Å². The minimum absolute atomic E-state index is 0.194. The second kappa shape index (κ2) is 11.3. The van der Waals surface area contributed by atoms with E-state index in [0.717, 1.165) is 39.3 Å². The summed E-state index contributed by atoms with van der Waals surface area (Å²) in [6.45, 7) is 13.6. The molecule has 1 saturated heterocycles. The highest BCUT2D eigenvalue weighted by molar-refractivity contribution is 5.84. The number of allylic oxidation sites excluding steroid dienone is 2. The molecule has 0 saturated carbocycles. The van der Waals surface area contributed by atoms with Crippen LogP contribution in [0.2, 0.25) is 0 Å². The van der Waals surface area contributed by atoms with E-state index in [1.165, 1.54) is 0 Å². The molecule has 9 nitrogen and oxygen atoms in total. The van der Waals surface area contributed by atoms with Crippen LogP contribution in [0.3, 0.4) is 0 Å². The summed E-state index contributed by atoms with van der Waals surface area (Å²) in [6.07, 6.45) is 5.34. The van der Waals surface area contributed by atoms with E-state index in [9.17, 15) is 9.59 Å². The van der Waals surface area contributed by atoms with Crippen molar-refractivity contribution in [3.8, 4) is 28.4 Å². The molecule has 2 aromatic heterocycles. The number of rotatable bonds is 6. The summed E-state index contributed by atoms with van der Waals surface area (Å²) >= 11 is 0. The van der Waals surface area contributed by atoms with Gasteiger partial charge in [-0.05, 0) is 69.0 Å². The van der Waals surface area contributed by atoms with Crippen molar-refractivity contribution in [2.45, 2.75) is 52.4 Å². The fourth-order valence-electron chi connectivity index (χ4n) is 4.98. The van der Waals surface area contributed by atoms with Crippen molar-refractivity contribution in [3.05, 3.63) is 76.4 Å². The number of nitrogens with zero attached hydrogens (tertiary/aromatic N) is 3. The number of carbonyl (C=O) groups is 1. The molecule has 0 bridgehead atoms. The molecule has 9 heteroatoms. The maximum Gasteiger partial charge on any atom is 0.419 e. The second-order valence-electron chi connectivity index (χ2n) is 10.9. The van der Waals surface area contributed by atoms with Crippen LogP contribution in [0, 0.1) is 6.92 Å². The lowest BCUT2D eigenvalue weighted by atomic mass is 9.94. The van der Waals surface area contributed by atoms with Gasteiger partial charge in [0.1, 0.15) is 18.3 Å². The standard InChI is InChI=1S/C31H35N3O6/c1-6-7-8-25-20(2)15-26(34(25)30(36)40-31(3,4)5)22-9-10-24-21(16-22)11-12-33-27(24)17-28(32-29(33)35)39-19-23-18-37-13-14-38-23/h6-10,15-17,23H,1,11-14,18-19H2,2-5H3/b8-7-. The Balaban J connectivity index is 1.51. The number of hydrogen-bond donors (Lipinski definition) is 0. The first-order valence-electron chi connectivity index (χ1n) is 13.5. The Morgan fingerprint density at radius 3 is 2.75 bits per heavy atom. The summed E-state index contributed by atoms with van der Waals surface area (Å²) in [5.74, 6) is 0.260. The molecule has 0 N–H and O–H groups in total. The van der Waals surface area contributed by atoms with Gasteiger partial charge in [-0.3, -0.25) is 4.57 Å². The molecule has 210 valence electrons. The van der Waals surface area contributed by atoms with E-state index in [2.05, 4.69) is 17.6 Å². The topological polar surface area (TPSA) is 93.8 Å². The zero-order valence-corrected chi connectivity index (χ0v) is 23.4. The molecule has 3 aromatic rings. The van der Waals surface area contributed by atoms with Crippen LogP contribution >= 0.6 is 0 Å². The van der Waals surface area contributed by atoms with Crippen molar-refractivity contribution < 1.29 is 23.7 Å². The van der Waals surface area contributed by atoms with Gasteiger partial charge in [0, 0.05) is 18.2 Å². The van der Waals surface area contributed by atoms with Gasteiger partial charge in [0.25, 0.3) is 0 Å². The van der Waals surface area contributed by atoms with Crippen molar-refractivity contribution in [1.29, 1.82) is 0 Å². The van der Waals surface area contributed by atoms with Crippen molar-refractivity contribution >= 4 is 12.2 Å². The number of fused-ring (bicyclic) bond motifs is 3. The number of carbonyl (C=O) groups excluding carboxylic acids is 1. The molecule has 4 heterocycles. The average Bonchev–Trinajstić information content (AvgIpc) is 3.26. The number of hydrogen-bond acceptors (Lipinski definition) is 7. The molecule has 1 atom stereocenters. The molecule has 2 aliphatic heterocycles. The van der Waals surface area contributed by atoms with E-state index in [4.69, 9.17) is 18.9 Å². The number of ether oxygens (including phenoxy) is 4. The summed E-state index contributed by atoms with van der Waals surface area (Å²) in [5, 5.41) is 0. The van der Waals surface area contributed by atoms with Crippen LogP contribution in [-0.2, 0) is 27.2 Å². The first kappa shape index (κ1) is 27.6. The van der Waals surface area contributed by atoms with E-state index < -0.39 is 11.7 Å². The molecule has 0 spiro atoms. The number of aromatic nitrogens is 3. The minimum Gasteiger partial charge on any atom is -0.475 e. The minimum atomic E-state index is -0.650. The van der Waals surface area contributed by atoms with Crippen molar-refractivity contribution in [3.63, 3.8) is 0 Å². The molecule has 5 rings (SSSR count). The molecule has 1 unspecified atom stereocenters. The smallest absolute Gasteiger partial charge is 0.419 e. The van der Waals surface area contributed by atoms with Gasteiger partial charge in [0.2, 0.25) is 5.88 Å². The lowest BCUT2D eigenvalue weighted by Gasteiger charge is -2.24. The summed E-state index contributed by atoms with van der Waals surface area (Å²) < 4.78 is 25.9. The van der Waals surface area contributed by atoms with Crippen molar-refractivity contribution in [1.82, 2.24) is 14.1 Å². The van der Waals surface area contributed by atoms with Crippen LogP contribution in [0.25, 0.3) is 28.6 Å². The maximum atomic E-state index is 13.4. The largest absolute Gasteiger partial charge is 0.475 e. The summed E-state index contributed by atoms with van der Waals surface area (Å²) in [6, 6.07) is 9.81. The highest BCUT2D eigenvalue weighted by Gasteiger charge is 2.26. The third kappa shape index (κ3) is 5.80. The molecule has 40 heavy (non-hydrogen) atoms. The van der Waals surface area contributed by atoms with Gasteiger partial charge >= 0.3 is 11.8 Å². The highest BCUT2D eigenvalue weighted by atomic mass is 16.6. The van der Waals surface area contributed by atoms with Gasteiger partial charge in [-0.15, -0.1) is 0 Å². The predicted molar refractivity (Wildman–Crippen MR) is 153 cm³/mol. The lowest BCUT2D eigenvalue weighted by Crippen LogP contribution is -2.34. The zero-order valence-electron chi connectivity index (χ0n) is 23.4. The fraction of sp³-hybridized carbons (Fsp3) is 0.387. The quantitative estimate of drug-likeness (QED) is 0.402. The molecule has 0 radical (unpaired) electrons. The normalized spacial score (nSPS) is 16.9. The molecule has 0 amide bonds. The van der Waals surface area contributed by atoms with Gasteiger partial charge < -0.3 is 18.9 Å². The van der Waals surface area contributed by atoms with Crippen LogP contribution in [0.5, 0.6) is 5.88 Å². The van der Waals surface area contributed by atoms with Gasteiger partial charge in [0.05, 0.1) is 36.9 Å². The zero-order chi connectivity index (χ0) is 28.4. The van der Waals surface area contributed by atoms with Crippen molar-refractivity contribution in [2.24, 2.45) is 0 Å². The average molecular weight is 546 g/mol. The Morgan fingerprint density at radius 1 is 1.20 bits per heavy atom. The van der Waals surface area contributed by atoms with Gasteiger partial charge in [-0.2, -0.15) is 4.98 Å². The van der Waals surface area contributed by atoms with Gasteiger partial charge in [-0.25, -0.2) is 14.2 Å². The first-order chi connectivity index (χ1) is 19.1. The summed E-state index contributed by atoms with van der Waals surface area (Å²) in [4.78, 5) is 30.3. The summed E-state index contributed by atoms with van der Waals surface area (Å²) in [7, 11) is 0. The Kier molecular flexibility index (Phi) is 7.78. The van der Waals surface area contributed by atoms with Gasteiger partial charge in [-0.1, -0.05) is 30.9 Å². The third-order valence-electron chi connectivity index (χ3n) is 6.78. The summed E-state index contributed by atoms with van der Waals surface area (Å²) in [5.41, 5.74) is 5.02. The first-order valence-corrected chi connectivity index (χ1v) is 13.5. The van der Waals surface area contributed by atoms with Crippen LogP contribution in [0.1, 0.15) is 37.6 Å². The van der Waals surface area contributed by atoms with Crippen LogP contribution < -0.4 is 10.4 Å². The van der Waals surface area contributed by atoms with Gasteiger partial charge in [0.15, 0.2) is 0 Å². The molecule has 1 aromatic carbocycles. The molecule has 0 aliphatic carbocycles. The Bertz CT molecular complexity index is 1520. The Morgan fingerprint density at radius 2 is 2.02 bits per heavy atom. The second-order valence-corrected chi connectivity index (χ2v) is 10.9. The lowest BCUT2D eigenvalue weighted by molar-refractivity contribution is -0.102. The molecule has 1 fully saturated rings. The SMILES string of the molecule is C=C/C=C\c1c(C)cc(-c2ccc3c(c2)CCn2c-3cc(OCC3COCCO3)nc2=O)n1C(=O)OC(C)(C)C. The van der Waals surface area contributed by atoms with E-state index in [1.54, 1.807) is 27.4 Å². The highest BCUT2D eigenvalue weighted by Crippen LogP contribution is 2.35. The Hall–Kier alpha value is -3.95. The van der Waals surface area contributed by atoms with E-state index in [0.29, 0.717) is 32.8 Å². The monoisotopic (exact) mass is 545 g/mol.